The molecule has 2 amide bonds. The number of carboxylic acid groups (broad SMARTS) is 1. The molecule has 0 saturated heterocycles. The second kappa shape index (κ2) is 10.4. The number of aryl methyl sites for hydroxylation is 2. The fourth-order valence-corrected chi connectivity index (χ4v) is 3.91. The highest BCUT2D eigenvalue weighted by molar-refractivity contribution is 7.12. The first-order valence-corrected chi connectivity index (χ1v) is 10.5. The number of hydrogen-bond acceptors (Lipinski definition) is 5. The van der Waals surface area contributed by atoms with Gasteiger partial charge in [-0.15, -0.1) is 11.3 Å². The molecular formula is C22H32N2O5S. The largest absolute Gasteiger partial charge is 0.478 e. The minimum absolute atomic E-state index is 0.0199. The summed E-state index contributed by atoms with van der Waals surface area (Å²) in [7, 11) is 0. The summed E-state index contributed by atoms with van der Waals surface area (Å²) in [5.41, 5.74) is 1.46. The van der Waals surface area contributed by atoms with Gasteiger partial charge in [-0.1, -0.05) is 5.57 Å². The van der Waals surface area contributed by atoms with Crippen LogP contribution in [0.5, 0.6) is 0 Å². The lowest BCUT2D eigenvalue weighted by Crippen LogP contribution is -2.38. The van der Waals surface area contributed by atoms with Crippen molar-refractivity contribution in [2.24, 2.45) is 0 Å². The van der Waals surface area contributed by atoms with E-state index in [9.17, 15) is 19.5 Å². The molecule has 0 radical (unpaired) electrons. The summed E-state index contributed by atoms with van der Waals surface area (Å²) in [6, 6.07) is 1.93. The lowest BCUT2D eigenvalue weighted by atomic mass is 9.92. The number of nitrogens with one attached hydrogen (secondary N) is 2. The van der Waals surface area contributed by atoms with E-state index in [-0.39, 0.29) is 24.2 Å². The summed E-state index contributed by atoms with van der Waals surface area (Å²) in [5.74, 6) is -1.66. The molecule has 1 heterocycles. The van der Waals surface area contributed by atoms with Crippen molar-refractivity contribution in [3.8, 4) is 0 Å². The van der Waals surface area contributed by atoms with Gasteiger partial charge in [-0.3, -0.25) is 4.79 Å². The predicted molar refractivity (Wildman–Crippen MR) is 120 cm³/mol. The van der Waals surface area contributed by atoms with Gasteiger partial charge in [0.15, 0.2) is 0 Å². The number of aliphatic carboxylic acids is 1. The Morgan fingerprint density at radius 3 is 2.03 bits per heavy atom. The zero-order valence-electron chi connectivity index (χ0n) is 19.0. The number of hydrogen-bond donors (Lipinski definition) is 3. The van der Waals surface area contributed by atoms with Crippen molar-refractivity contribution in [2.45, 2.75) is 61.0 Å². The fourth-order valence-electron chi connectivity index (χ4n) is 2.93. The molecule has 7 nitrogen and oxygen atoms in total. The monoisotopic (exact) mass is 436 g/mol. The molecular weight excluding hydrogens is 404 g/mol. The molecule has 1 aromatic rings. The van der Waals surface area contributed by atoms with Crippen molar-refractivity contribution < 1.29 is 24.2 Å². The summed E-state index contributed by atoms with van der Waals surface area (Å²) >= 11 is 1.58. The molecule has 0 saturated carbocycles. The Hall–Kier alpha value is -2.61. The van der Waals surface area contributed by atoms with Crippen LogP contribution in [0.3, 0.4) is 0 Å². The third kappa shape index (κ3) is 7.33. The Labute approximate surface area is 182 Å². The molecule has 3 N–H and O–H groups in total. The van der Waals surface area contributed by atoms with Crippen LogP contribution in [0, 0.1) is 13.8 Å². The van der Waals surface area contributed by atoms with Crippen LogP contribution in [-0.2, 0) is 14.3 Å². The van der Waals surface area contributed by atoms with Crippen molar-refractivity contribution in [2.75, 3.05) is 13.1 Å². The van der Waals surface area contributed by atoms with Crippen LogP contribution in [0.25, 0.3) is 5.57 Å². The Bertz CT molecular complexity index is 884. The first-order valence-electron chi connectivity index (χ1n) is 9.69. The maximum Gasteiger partial charge on any atom is 0.407 e. The van der Waals surface area contributed by atoms with Gasteiger partial charge in [0.2, 0.25) is 0 Å². The van der Waals surface area contributed by atoms with E-state index >= 15 is 0 Å². The number of carbonyl (C=O) groups excluding carboxylic acids is 2. The highest BCUT2D eigenvalue weighted by atomic mass is 32.1. The lowest BCUT2D eigenvalue weighted by molar-refractivity contribution is -0.133. The number of carboxylic acids is 1. The summed E-state index contributed by atoms with van der Waals surface area (Å²) in [6.45, 7) is 14.6. The van der Waals surface area contributed by atoms with Crippen molar-refractivity contribution in [1.82, 2.24) is 10.6 Å². The molecule has 0 aromatic carbocycles. The number of allylic oxidation sites excluding steroid dienone is 2. The van der Waals surface area contributed by atoms with Crippen LogP contribution in [0.2, 0.25) is 0 Å². The summed E-state index contributed by atoms with van der Waals surface area (Å²) in [5, 5.41) is 15.1. The number of alkyl carbamates (subject to hydrolysis) is 1. The molecule has 8 heteroatoms. The molecule has 0 aliphatic carbocycles. The Morgan fingerprint density at radius 2 is 1.60 bits per heavy atom. The Kier molecular flexibility index (Phi) is 8.84. The van der Waals surface area contributed by atoms with Crippen LogP contribution >= 0.6 is 11.3 Å². The first-order chi connectivity index (χ1) is 13.7. The third-order valence-electron chi connectivity index (χ3n) is 4.09. The molecule has 0 aliphatic rings. The van der Waals surface area contributed by atoms with E-state index in [4.69, 9.17) is 4.74 Å². The Morgan fingerprint density at radius 1 is 1.03 bits per heavy atom. The van der Waals surface area contributed by atoms with Gasteiger partial charge >= 0.3 is 12.1 Å². The van der Waals surface area contributed by atoms with E-state index in [2.05, 4.69) is 10.6 Å². The van der Waals surface area contributed by atoms with Crippen molar-refractivity contribution in [1.29, 1.82) is 0 Å². The second-order valence-electron chi connectivity index (χ2n) is 8.19. The highest BCUT2D eigenvalue weighted by Crippen LogP contribution is 2.32. The normalized spacial score (nSPS) is 12.0. The van der Waals surface area contributed by atoms with Gasteiger partial charge in [0.25, 0.3) is 5.91 Å². The van der Waals surface area contributed by atoms with E-state index in [0.29, 0.717) is 11.1 Å². The molecule has 1 aromatic heterocycles. The number of carbonyl (C=O) groups is 3. The topological polar surface area (TPSA) is 105 Å². The smallest absolute Gasteiger partial charge is 0.407 e. The average molecular weight is 437 g/mol. The van der Waals surface area contributed by atoms with E-state index in [1.165, 1.54) is 0 Å². The maximum atomic E-state index is 12.8. The maximum absolute atomic E-state index is 12.8. The van der Waals surface area contributed by atoms with Gasteiger partial charge in [0, 0.05) is 22.8 Å². The molecule has 1 rings (SSSR count). The van der Waals surface area contributed by atoms with Gasteiger partial charge in [0.05, 0.1) is 11.1 Å². The molecule has 0 aliphatic heterocycles. The molecule has 0 spiro atoms. The van der Waals surface area contributed by atoms with Crippen molar-refractivity contribution in [3.63, 3.8) is 0 Å². The van der Waals surface area contributed by atoms with E-state index < -0.39 is 23.6 Å². The molecule has 0 unspecified atom stereocenters. The summed E-state index contributed by atoms with van der Waals surface area (Å²) in [6.07, 6.45) is -0.579. The second-order valence-corrected chi connectivity index (χ2v) is 9.65. The number of ether oxygens (including phenoxy) is 1. The van der Waals surface area contributed by atoms with Crippen LogP contribution in [0.4, 0.5) is 4.79 Å². The molecule has 166 valence electrons. The molecule has 0 atom stereocenters. The third-order valence-corrected chi connectivity index (χ3v) is 5.06. The van der Waals surface area contributed by atoms with Gasteiger partial charge in [-0.05, 0) is 72.6 Å². The van der Waals surface area contributed by atoms with Crippen LogP contribution in [-0.4, -0.2) is 41.8 Å². The minimum atomic E-state index is -1.16. The van der Waals surface area contributed by atoms with E-state index in [0.717, 1.165) is 15.3 Å². The fraction of sp³-hybridized carbons (Fsp3) is 0.500. The summed E-state index contributed by atoms with van der Waals surface area (Å²) in [4.78, 5) is 38.7. The lowest BCUT2D eigenvalue weighted by Gasteiger charge is -2.20. The molecule has 0 bridgehead atoms. The number of rotatable bonds is 7. The van der Waals surface area contributed by atoms with Gasteiger partial charge in [-0.2, -0.15) is 0 Å². The predicted octanol–water partition coefficient (Wildman–Crippen LogP) is 4.20. The van der Waals surface area contributed by atoms with E-state index in [1.807, 2.05) is 19.9 Å². The SMILES string of the molecule is CC(C)=C(C(=O)NCCNC(=O)OC(C)(C)C)/C(C(=O)O)=C(\C)c1cc(C)sc1C. The van der Waals surface area contributed by atoms with Gasteiger partial charge < -0.3 is 20.5 Å². The summed E-state index contributed by atoms with van der Waals surface area (Å²) < 4.78 is 5.14. The zero-order chi connectivity index (χ0) is 23.2. The Balaban J connectivity index is 3.01. The first kappa shape index (κ1) is 25.4. The van der Waals surface area contributed by atoms with Crippen LogP contribution in [0.15, 0.2) is 22.8 Å². The van der Waals surface area contributed by atoms with Crippen molar-refractivity contribution in [3.05, 3.63) is 38.1 Å². The zero-order valence-corrected chi connectivity index (χ0v) is 19.8. The number of amides is 2. The average Bonchev–Trinajstić information content (AvgIpc) is 2.91. The molecule has 0 fully saturated rings. The highest BCUT2D eigenvalue weighted by Gasteiger charge is 2.25. The minimum Gasteiger partial charge on any atom is -0.478 e. The van der Waals surface area contributed by atoms with Crippen molar-refractivity contribution >= 4 is 34.9 Å². The quantitative estimate of drug-likeness (QED) is 0.338. The van der Waals surface area contributed by atoms with Gasteiger partial charge in [0.1, 0.15) is 5.60 Å². The standard InChI is InChI=1S/C22H32N2O5S/c1-12(2)17(19(25)23-9-10-24-21(28)29-22(6,7)8)18(20(26)27)14(4)16-11-13(3)30-15(16)5/h11H,9-10H2,1-8H3,(H,23,25)(H,24,28)(H,26,27)/b18-14-. The van der Waals surface area contributed by atoms with E-state index in [1.54, 1.807) is 52.9 Å². The molecule has 30 heavy (non-hydrogen) atoms. The van der Waals surface area contributed by atoms with Gasteiger partial charge in [-0.25, -0.2) is 9.59 Å². The van der Waals surface area contributed by atoms with Crippen LogP contribution in [0.1, 0.15) is 56.9 Å². The number of thiophene rings is 1. The van der Waals surface area contributed by atoms with Crippen LogP contribution < -0.4 is 10.6 Å².